The lowest BCUT2D eigenvalue weighted by Gasteiger charge is -2.22. The number of amides is 1. The van der Waals surface area contributed by atoms with E-state index in [4.69, 9.17) is 8.83 Å². The summed E-state index contributed by atoms with van der Waals surface area (Å²) in [6, 6.07) is 16.7. The van der Waals surface area contributed by atoms with Crippen LogP contribution in [-0.2, 0) is 0 Å². The number of hydrogen-bond acceptors (Lipinski definition) is 5. The van der Waals surface area contributed by atoms with Crippen molar-refractivity contribution in [1.82, 2.24) is 19.5 Å². The van der Waals surface area contributed by atoms with E-state index in [1.54, 1.807) is 35.2 Å². The quantitative estimate of drug-likeness (QED) is 0.434. The first-order valence-electron chi connectivity index (χ1n) is 11.0. The average Bonchev–Trinajstić information content (AvgIpc) is 3.63. The van der Waals surface area contributed by atoms with Crippen LogP contribution in [0.15, 0.2) is 80.7 Å². The Morgan fingerprint density at radius 3 is 2.85 bits per heavy atom. The van der Waals surface area contributed by atoms with E-state index in [0.29, 0.717) is 23.2 Å². The van der Waals surface area contributed by atoms with Gasteiger partial charge in [0, 0.05) is 24.0 Å². The van der Waals surface area contributed by atoms with Crippen LogP contribution in [0.3, 0.4) is 0 Å². The summed E-state index contributed by atoms with van der Waals surface area (Å²) in [4.78, 5) is 29.5. The fourth-order valence-corrected chi connectivity index (χ4v) is 4.25. The monoisotopic (exact) mass is 444 g/mol. The Labute approximate surface area is 189 Å². The van der Waals surface area contributed by atoms with E-state index < -0.39 is 0 Å². The number of carbonyl (C=O) groups excluding carboxylic acids is 1. The van der Waals surface area contributed by atoms with Crippen LogP contribution in [0.25, 0.3) is 28.1 Å². The molecular weight excluding hydrogens is 420 g/mol. The minimum atomic E-state index is -0.178. The summed E-state index contributed by atoms with van der Waals surface area (Å²) >= 11 is 0. The smallest absolute Gasteiger partial charge is 0.289 e. The number of fused-ring (bicyclic) bond motifs is 2. The SMILES string of the molecule is CC[C@@H]1CCCN1C(=O)c1ccco1.O=c1ccc2ncc(-c3cc4ccccc4o3)n2[nH]1. The third kappa shape index (κ3) is 4.07. The predicted octanol–water partition coefficient (Wildman–Crippen LogP) is 4.73. The van der Waals surface area contributed by atoms with Crippen LogP contribution in [0.5, 0.6) is 0 Å². The van der Waals surface area contributed by atoms with Crippen LogP contribution < -0.4 is 5.56 Å². The van der Waals surface area contributed by atoms with Gasteiger partial charge < -0.3 is 13.7 Å². The Balaban J connectivity index is 0.000000146. The number of furan rings is 2. The zero-order chi connectivity index (χ0) is 22.8. The molecule has 0 spiro atoms. The number of imidazole rings is 1. The molecule has 5 aromatic rings. The van der Waals surface area contributed by atoms with Gasteiger partial charge in [-0.15, -0.1) is 0 Å². The summed E-state index contributed by atoms with van der Waals surface area (Å²) in [6.07, 6.45) is 6.51. The molecule has 1 N–H and O–H groups in total. The highest BCUT2D eigenvalue weighted by atomic mass is 16.3. The lowest BCUT2D eigenvalue weighted by Crippen LogP contribution is -2.34. The van der Waals surface area contributed by atoms with Crippen molar-refractivity contribution in [3.05, 3.63) is 83.2 Å². The molecular formula is C25H24N4O4. The molecule has 5 heterocycles. The van der Waals surface area contributed by atoms with Crippen LogP contribution in [0, 0.1) is 0 Å². The van der Waals surface area contributed by atoms with E-state index >= 15 is 0 Å². The van der Waals surface area contributed by atoms with Gasteiger partial charge in [0.2, 0.25) is 0 Å². The molecule has 0 unspecified atom stereocenters. The number of para-hydroxylation sites is 1. The number of likely N-dealkylation sites (tertiary alicyclic amines) is 1. The number of rotatable bonds is 3. The van der Waals surface area contributed by atoms with Gasteiger partial charge in [-0.1, -0.05) is 25.1 Å². The summed E-state index contributed by atoms with van der Waals surface area (Å²) < 4.78 is 12.5. The lowest BCUT2D eigenvalue weighted by molar-refractivity contribution is 0.0701. The molecule has 1 saturated heterocycles. The maximum absolute atomic E-state index is 11.9. The van der Waals surface area contributed by atoms with Crippen molar-refractivity contribution in [2.24, 2.45) is 0 Å². The highest BCUT2D eigenvalue weighted by molar-refractivity contribution is 5.91. The van der Waals surface area contributed by atoms with E-state index in [9.17, 15) is 9.59 Å². The van der Waals surface area contributed by atoms with E-state index in [1.165, 1.54) is 6.07 Å². The highest BCUT2D eigenvalue weighted by Crippen LogP contribution is 2.27. The third-order valence-corrected chi connectivity index (χ3v) is 5.91. The van der Waals surface area contributed by atoms with Gasteiger partial charge in [0.1, 0.15) is 11.3 Å². The third-order valence-electron chi connectivity index (χ3n) is 5.91. The molecule has 6 rings (SSSR count). The van der Waals surface area contributed by atoms with Crippen molar-refractivity contribution in [2.45, 2.75) is 32.2 Å². The van der Waals surface area contributed by atoms with Crippen molar-refractivity contribution < 1.29 is 13.6 Å². The molecule has 1 aliphatic heterocycles. The maximum atomic E-state index is 11.9. The fourth-order valence-electron chi connectivity index (χ4n) is 4.25. The molecule has 1 aromatic carbocycles. The Hall–Kier alpha value is -4.07. The van der Waals surface area contributed by atoms with Crippen LogP contribution in [0.2, 0.25) is 0 Å². The zero-order valence-electron chi connectivity index (χ0n) is 18.2. The minimum Gasteiger partial charge on any atom is -0.459 e. The summed E-state index contributed by atoms with van der Waals surface area (Å²) in [5.74, 6) is 1.18. The van der Waals surface area contributed by atoms with E-state index in [2.05, 4.69) is 17.0 Å². The van der Waals surface area contributed by atoms with Crippen LogP contribution >= 0.6 is 0 Å². The Morgan fingerprint density at radius 2 is 2.06 bits per heavy atom. The number of H-pyrrole nitrogens is 1. The predicted molar refractivity (Wildman–Crippen MR) is 124 cm³/mol. The number of hydrogen-bond donors (Lipinski definition) is 1. The zero-order valence-corrected chi connectivity index (χ0v) is 18.2. The van der Waals surface area contributed by atoms with E-state index in [-0.39, 0.29) is 11.5 Å². The van der Waals surface area contributed by atoms with Gasteiger partial charge in [-0.3, -0.25) is 14.7 Å². The number of aromatic amines is 1. The van der Waals surface area contributed by atoms with Crippen LogP contribution in [-0.4, -0.2) is 38.0 Å². The highest BCUT2D eigenvalue weighted by Gasteiger charge is 2.29. The van der Waals surface area contributed by atoms with Gasteiger partial charge in [-0.25, -0.2) is 9.50 Å². The second-order valence-corrected chi connectivity index (χ2v) is 7.98. The molecule has 8 heteroatoms. The van der Waals surface area contributed by atoms with Gasteiger partial charge in [0.15, 0.2) is 17.2 Å². The normalized spacial score (nSPS) is 15.7. The molecule has 1 atom stereocenters. The van der Waals surface area contributed by atoms with E-state index in [1.807, 2.05) is 35.2 Å². The first kappa shape index (κ1) is 20.8. The standard InChI is InChI=1S/C14H9N3O2.C11H15NO2/c18-14-6-5-13-15-8-10(17(13)16-14)12-7-9-3-1-2-4-11(9)19-12;1-2-9-5-3-7-12(9)11(13)10-6-4-8-14-10/h1-8H,(H,16,18);4,6,8-9H,2-3,5,7H2,1H3/t;9-/m.1/s1. The maximum Gasteiger partial charge on any atom is 0.289 e. The molecule has 33 heavy (non-hydrogen) atoms. The fraction of sp³-hybridized carbons (Fsp3) is 0.240. The first-order valence-corrected chi connectivity index (χ1v) is 11.0. The van der Waals surface area contributed by atoms with Crippen molar-refractivity contribution in [1.29, 1.82) is 0 Å². The largest absolute Gasteiger partial charge is 0.459 e. The van der Waals surface area contributed by atoms with Gasteiger partial charge in [0.25, 0.3) is 11.5 Å². The van der Waals surface area contributed by atoms with Crippen molar-refractivity contribution in [3.8, 4) is 11.5 Å². The number of benzene rings is 1. The van der Waals surface area contributed by atoms with Crippen LogP contribution in [0.4, 0.5) is 0 Å². The number of nitrogens with one attached hydrogen (secondary N) is 1. The molecule has 1 amide bonds. The minimum absolute atomic E-state index is 0.0411. The summed E-state index contributed by atoms with van der Waals surface area (Å²) in [5.41, 5.74) is 2.03. The second kappa shape index (κ2) is 8.82. The summed E-state index contributed by atoms with van der Waals surface area (Å²) in [5, 5.41) is 3.74. The summed E-state index contributed by atoms with van der Waals surface area (Å²) in [7, 11) is 0. The average molecular weight is 444 g/mol. The molecule has 0 saturated carbocycles. The molecule has 0 bridgehead atoms. The number of nitrogens with zero attached hydrogens (tertiary/aromatic N) is 3. The van der Waals surface area contributed by atoms with Crippen molar-refractivity contribution >= 4 is 22.5 Å². The number of carbonyl (C=O) groups is 1. The van der Waals surface area contributed by atoms with Crippen molar-refractivity contribution in [2.75, 3.05) is 6.54 Å². The molecule has 4 aromatic heterocycles. The Morgan fingerprint density at radius 1 is 1.18 bits per heavy atom. The molecule has 8 nitrogen and oxygen atoms in total. The van der Waals surface area contributed by atoms with E-state index in [0.717, 1.165) is 42.5 Å². The second-order valence-electron chi connectivity index (χ2n) is 7.98. The van der Waals surface area contributed by atoms with Gasteiger partial charge in [0.05, 0.1) is 12.5 Å². The van der Waals surface area contributed by atoms with Gasteiger partial charge in [-0.05, 0) is 49.6 Å². The lowest BCUT2D eigenvalue weighted by atomic mass is 10.1. The number of aromatic nitrogens is 3. The summed E-state index contributed by atoms with van der Waals surface area (Å²) in [6.45, 7) is 3.00. The van der Waals surface area contributed by atoms with Crippen LogP contribution in [0.1, 0.15) is 36.7 Å². The molecule has 168 valence electrons. The van der Waals surface area contributed by atoms with Crippen molar-refractivity contribution in [3.63, 3.8) is 0 Å². The van der Waals surface area contributed by atoms with Gasteiger partial charge >= 0.3 is 0 Å². The first-order chi connectivity index (χ1) is 16.1. The molecule has 0 aliphatic carbocycles. The molecule has 0 radical (unpaired) electrons. The topological polar surface area (TPSA) is 96.8 Å². The molecule has 1 fully saturated rings. The Bertz CT molecular complexity index is 1410. The van der Waals surface area contributed by atoms with Gasteiger partial charge in [-0.2, -0.15) is 0 Å². The Kier molecular flexibility index (Phi) is 5.56. The molecule has 1 aliphatic rings.